The van der Waals surface area contributed by atoms with E-state index in [1.165, 1.54) is 6.07 Å². The number of anilines is 1. The number of hydrogen-bond acceptors (Lipinski definition) is 5. The molecule has 2 N–H and O–H groups in total. The summed E-state index contributed by atoms with van der Waals surface area (Å²) in [6, 6.07) is 11.5. The highest BCUT2D eigenvalue weighted by molar-refractivity contribution is 5.83. The molecular weight excluding hydrogens is 444 g/mol. The first-order valence-corrected chi connectivity index (χ1v) is 11.1. The number of para-hydroxylation sites is 1. The largest absolute Gasteiger partial charge is 0.465 e. The number of piperazine rings is 1. The lowest BCUT2D eigenvalue weighted by Gasteiger charge is -2.37. The van der Waals surface area contributed by atoms with Gasteiger partial charge in [-0.05, 0) is 24.6 Å². The van der Waals surface area contributed by atoms with Gasteiger partial charge in [0, 0.05) is 50.4 Å². The molecule has 2 amide bonds. The van der Waals surface area contributed by atoms with Gasteiger partial charge in [-0.1, -0.05) is 18.2 Å². The van der Waals surface area contributed by atoms with Crippen LogP contribution < -0.4 is 10.2 Å². The third-order valence-corrected chi connectivity index (χ3v) is 6.40. The number of nitriles is 1. The quantitative estimate of drug-likeness (QED) is 0.698. The van der Waals surface area contributed by atoms with Gasteiger partial charge in [0.25, 0.3) is 0 Å². The Morgan fingerprint density at radius 1 is 1.15 bits per heavy atom. The highest BCUT2D eigenvalue weighted by atomic mass is 19.1. The Balaban J connectivity index is 1.35. The second-order valence-electron chi connectivity index (χ2n) is 8.44. The summed E-state index contributed by atoms with van der Waals surface area (Å²) >= 11 is 0. The zero-order valence-electron chi connectivity index (χ0n) is 18.5. The number of carbonyl (C=O) groups excluding carboxylic acids is 1. The van der Waals surface area contributed by atoms with Gasteiger partial charge in [0.05, 0.1) is 23.8 Å². The van der Waals surface area contributed by atoms with E-state index >= 15 is 0 Å². The number of halogens is 2. The molecule has 0 bridgehead atoms. The van der Waals surface area contributed by atoms with Gasteiger partial charge in [0.2, 0.25) is 5.91 Å². The van der Waals surface area contributed by atoms with Gasteiger partial charge in [-0.2, -0.15) is 5.26 Å². The first-order valence-electron chi connectivity index (χ1n) is 11.1. The molecule has 0 saturated carbocycles. The van der Waals surface area contributed by atoms with E-state index in [9.17, 15) is 28.7 Å². The van der Waals surface area contributed by atoms with Crippen molar-refractivity contribution in [3.05, 3.63) is 65.2 Å². The fourth-order valence-electron chi connectivity index (χ4n) is 4.56. The second kappa shape index (κ2) is 10.1. The number of carboxylic acid groups (broad SMARTS) is 1. The standard InChI is InChI=1S/C24H25F2N5O3/c25-18-6-5-17(20(26)11-18)15-31(24(33)34)19-12-21(28-14-19)23(32)30-9-7-29(8-10-30)22-4-2-1-3-16(22)13-27/h1-6,11,19,21,28H,7-10,12,14-15H2,(H,33,34). The van der Waals surface area contributed by atoms with E-state index in [1.807, 2.05) is 18.2 Å². The molecule has 2 aromatic carbocycles. The second-order valence-corrected chi connectivity index (χ2v) is 8.44. The normalized spacial score (nSPS) is 20.1. The van der Waals surface area contributed by atoms with E-state index in [-0.39, 0.29) is 31.0 Å². The molecule has 4 rings (SSSR count). The summed E-state index contributed by atoms with van der Waals surface area (Å²) < 4.78 is 27.2. The summed E-state index contributed by atoms with van der Waals surface area (Å²) in [5.74, 6) is -1.64. The topological polar surface area (TPSA) is 99.9 Å². The van der Waals surface area contributed by atoms with Gasteiger partial charge >= 0.3 is 6.09 Å². The molecule has 0 aliphatic carbocycles. The summed E-state index contributed by atoms with van der Waals surface area (Å²) in [6.45, 7) is 2.19. The number of rotatable bonds is 5. The number of carbonyl (C=O) groups is 2. The smallest absolute Gasteiger partial charge is 0.407 e. The van der Waals surface area contributed by atoms with Crippen molar-refractivity contribution in [2.24, 2.45) is 0 Å². The van der Waals surface area contributed by atoms with Gasteiger partial charge in [-0.15, -0.1) is 0 Å². The highest BCUT2D eigenvalue weighted by Crippen LogP contribution is 2.23. The number of benzene rings is 2. The fraction of sp³-hybridized carbons (Fsp3) is 0.375. The lowest BCUT2D eigenvalue weighted by atomic mass is 10.1. The van der Waals surface area contributed by atoms with Crippen LogP contribution in [-0.2, 0) is 11.3 Å². The molecule has 34 heavy (non-hydrogen) atoms. The molecule has 2 aliphatic rings. The highest BCUT2D eigenvalue weighted by Gasteiger charge is 2.37. The van der Waals surface area contributed by atoms with E-state index in [2.05, 4.69) is 16.3 Å². The minimum absolute atomic E-state index is 0.0762. The molecule has 178 valence electrons. The van der Waals surface area contributed by atoms with Gasteiger partial charge < -0.3 is 20.2 Å². The predicted octanol–water partition coefficient (Wildman–Crippen LogP) is 2.40. The average molecular weight is 469 g/mol. The zero-order valence-corrected chi connectivity index (χ0v) is 18.5. The maximum atomic E-state index is 14.1. The summed E-state index contributed by atoms with van der Waals surface area (Å²) in [5, 5.41) is 22.1. The predicted molar refractivity (Wildman–Crippen MR) is 120 cm³/mol. The van der Waals surface area contributed by atoms with Crippen LogP contribution >= 0.6 is 0 Å². The van der Waals surface area contributed by atoms with E-state index in [4.69, 9.17) is 0 Å². The summed E-state index contributed by atoms with van der Waals surface area (Å²) in [6.07, 6.45) is -0.959. The minimum Gasteiger partial charge on any atom is -0.465 e. The Bertz CT molecular complexity index is 1110. The maximum Gasteiger partial charge on any atom is 0.407 e. The molecule has 8 nitrogen and oxygen atoms in total. The van der Waals surface area contributed by atoms with Crippen molar-refractivity contribution < 1.29 is 23.5 Å². The molecule has 2 fully saturated rings. The lowest BCUT2D eigenvalue weighted by molar-refractivity contribution is -0.133. The van der Waals surface area contributed by atoms with Crippen LogP contribution in [0.5, 0.6) is 0 Å². The first-order chi connectivity index (χ1) is 16.4. The zero-order chi connectivity index (χ0) is 24.2. The molecule has 2 aliphatic heterocycles. The van der Waals surface area contributed by atoms with E-state index in [0.29, 0.717) is 31.7 Å². The van der Waals surface area contributed by atoms with Crippen LogP contribution in [0.15, 0.2) is 42.5 Å². The Kier molecular flexibility index (Phi) is 6.93. The van der Waals surface area contributed by atoms with Crippen molar-refractivity contribution >= 4 is 17.7 Å². The molecule has 2 unspecified atom stereocenters. The van der Waals surface area contributed by atoms with Crippen LogP contribution in [0.1, 0.15) is 17.5 Å². The third kappa shape index (κ3) is 4.94. The van der Waals surface area contributed by atoms with Crippen LogP contribution in [0.4, 0.5) is 19.3 Å². The lowest BCUT2D eigenvalue weighted by Crippen LogP contribution is -2.53. The molecule has 2 saturated heterocycles. The molecule has 0 aromatic heterocycles. The van der Waals surface area contributed by atoms with E-state index in [0.717, 1.165) is 22.7 Å². The SMILES string of the molecule is N#Cc1ccccc1N1CCN(C(=O)C2CC(N(Cc3ccc(F)cc3F)C(=O)O)CN2)CC1. The van der Waals surface area contributed by atoms with Crippen molar-refractivity contribution in [2.75, 3.05) is 37.6 Å². The number of amides is 2. The van der Waals surface area contributed by atoms with Crippen molar-refractivity contribution in [3.8, 4) is 6.07 Å². The monoisotopic (exact) mass is 469 g/mol. The van der Waals surface area contributed by atoms with Crippen molar-refractivity contribution in [1.29, 1.82) is 5.26 Å². The van der Waals surface area contributed by atoms with Gasteiger partial charge in [-0.25, -0.2) is 13.6 Å². The van der Waals surface area contributed by atoms with Gasteiger partial charge in [0.15, 0.2) is 0 Å². The Morgan fingerprint density at radius 2 is 1.88 bits per heavy atom. The van der Waals surface area contributed by atoms with Crippen LogP contribution in [0.2, 0.25) is 0 Å². The maximum absolute atomic E-state index is 14.1. The van der Waals surface area contributed by atoms with Crippen LogP contribution in [-0.4, -0.2) is 71.7 Å². The molecule has 0 spiro atoms. The average Bonchev–Trinajstić information content (AvgIpc) is 3.33. The third-order valence-electron chi connectivity index (χ3n) is 6.40. The van der Waals surface area contributed by atoms with Gasteiger partial charge in [0.1, 0.15) is 17.7 Å². The Labute approximate surface area is 196 Å². The van der Waals surface area contributed by atoms with Crippen LogP contribution in [0.3, 0.4) is 0 Å². The van der Waals surface area contributed by atoms with Crippen molar-refractivity contribution in [3.63, 3.8) is 0 Å². The van der Waals surface area contributed by atoms with Crippen molar-refractivity contribution in [1.82, 2.24) is 15.1 Å². The molecular formula is C24H25F2N5O3. The Morgan fingerprint density at radius 3 is 2.56 bits per heavy atom. The van der Waals surface area contributed by atoms with E-state index in [1.54, 1.807) is 11.0 Å². The first kappa shape index (κ1) is 23.4. The van der Waals surface area contributed by atoms with Gasteiger partial charge in [-0.3, -0.25) is 9.69 Å². The number of nitrogens with one attached hydrogen (secondary N) is 1. The van der Waals surface area contributed by atoms with E-state index < -0.39 is 29.8 Å². The molecule has 2 atom stereocenters. The molecule has 0 radical (unpaired) electrons. The summed E-state index contributed by atoms with van der Waals surface area (Å²) in [7, 11) is 0. The molecule has 2 heterocycles. The molecule has 10 heteroatoms. The molecule has 2 aromatic rings. The minimum atomic E-state index is -1.23. The van der Waals surface area contributed by atoms with Crippen LogP contribution in [0.25, 0.3) is 0 Å². The summed E-state index contributed by atoms with van der Waals surface area (Å²) in [5.41, 5.74) is 1.52. The fourth-order valence-corrected chi connectivity index (χ4v) is 4.56. The Hall–Kier alpha value is -3.71. The summed E-state index contributed by atoms with van der Waals surface area (Å²) in [4.78, 5) is 29.8. The number of hydrogen-bond donors (Lipinski definition) is 2. The van der Waals surface area contributed by atoms with Crippen LogP contribution in [0, 0.1) is 23.0 Å². The number of nitrogens with zero attached hydrogens (tertiary/aromatic N) is 4. The van der Waals surface area contributed by atoms with Crippen molar-refractivity contribution in [2.45, 2.75) is 25.0 Å².